The maximum absolute atomic E-state index is 13.3. The Bertz CT molecular complexity index is 1030. The molecule has 1 amide bonds. The molecular weight excluding hydrogens is 426 g/mol. The zero-order chi connectivity index (χ0) is 19.7. The molecule has 0 saturated carbocycles. The van der Waals surface area contributed by atoms with Crippen LogP contribution in [0.25, 0.3) is 0 Å². The van der Waals surface area contributed by atoms with Crippen LogP contribution in [0.1, 0.15) is 16.2 Å². The van der Waals surface area contributed by atoms with E-state index in [9.17, 15) is 9.18 Å². The zero-order valence-electron chi connectivity index (χ0n) is 14.3. The van der Waals surface area contributed by atoms with Crippen LogP contribution in [0.15, 0.2) is 47.6 Å². The normalized spacial score (nSPS) is 13.3. The molecule has 0 unspecified atom stereocenters. The number of nitrogens with zero attached hydrogens (tertiary/aromatic N) is 4. The maximum Gasteiger partial charge on any atom is 0.272 e. The SMILES string of the molecule is O=C(c1cc(Cl)cc(Cl)c1)N1CCSc2nnc(COc3cccc(F)c3)n21. The van der Waals surface area contributed by atoms with E-state index in [0.717, 1.165) is 0 Å². The van der Waals surface area contributed by atoms with E-state index in [1.165, 1.54) is 28.9 Å². The van der Waals surface area contributed by atoms with Crippen molar-refractivity contribution in [2.45, 2.75) is 11.8 Å². The Morgan fingerprint density at radius 1 is 1.18 bits per heavy atom. The van der Waals surface area contributed by atoms with Crippen LogP contribution in [-0.2, 0) is 6.61 Å². The summed E-state index contributed by atoms with van der Waals surface area (Å²) in [4.78, 5) is 13.1. The van der Waals surface area contributed by atoms with Crippen LogP contribution >= 0.6 is 35.0 Å². The molecule has 1 aliphatic rings. The number of amides is 1. The van der Waals surface area contributed by atoms with Gasteiger partial charge in [-0.2, -0.15) is 0 Å². The molecule has 0 bridgehead atoms. The summed E-state index contributed by atoms with van der Waals surface area (Å²) in [7, 11) is 0. The molecule has 144 valence electrons. The molecule has 2 heterocycles. The van der Waals surface area contributed by atoms with E-state index in [2.05, 4.69) is 10.2 Å². The minimum atomic E-state index is -0.397. The van der Waals surface area contributed by atoms with Crippen LogP contribution in [0, 0.1) is 5.82 Å². The monoisotopic (exact) mass is 438 g/mol. The average molecular weight is 439 g/mol. The highest BCUT2D eigenvalue weighted by atomic mass is 35.5. The van der Waals surface area contributed by atoms with Crippen molar-refractivity contribution in [1.29, 1.82) is 0 Å². The van der Waals surface area contributed by atoms with Gasteiger partial charge in [0.2, 0.25) is 5.16 Å². The number of thioether (sulfide) groups is 1. The zero-order valence-corrected chi connectivity index (χ0v) is 16.6. The minimum Gasteiger partial charge on any atom is -0.485 e. The van der Waals surface area contributed by atoms with Crippen molar-refractivity contribution in [2.75, 3.05) is 17.3 Å². The molecule has 1 aromatic heterocycles. The van der Waals surface area contributed by atoms with Gasteiger partial charge in [-0.1, -0.05) is 41.0 Å². The van der Waals surface area contributed by atoms with Crippen LogP contribution in [-0.4, -0.2) is 33.1 Å². The van der Waals surface area contributed by atoms with Crippen molar-refractivity contribution in [3.8, 4) is 5.75 Å². The van der Waals surface area contributed by atoms with Gasteiger partial charge in [0.15, 0.2) is 5.82 Å². The molecule has 2 aromatic carbocycles. The standard InChI is InChI=1S/C18H13Cl2FN4O2S/c19-12-6-11(7-13(20)8-12)17(26)24-4-5-28-18-23-22-16(25(18)24)10-27-15-3-1-2-14(21)9-15/h1-3,6-9H,4-5,10H2. The number of fused-ring (bicyclic) bond motifs is 1. The Morgan fingerprint density at radius 3 is 2.71 bits per heavy atom. The second-order valence-electron chi connectivity index (χ2n) is 5.89. The molecule has 28 heavy (non-hydrogen) atoms. The Balaban J connectivity index is 1.61. The van der Waals surface area contributed by atoms with Gasteiger partial charge in [-0.25, -0.2) is 14.1 Å². The number of hydrogen-bond donors (Lipinski definition) is 0. The lowest BCUT2D eigenvalue weighted by molar-refractivity contribution is 0.0952. The van der Waals surface area contributed by atoms with E-state index in [0.29, 0.717) is 44.6 Å². The number of halogens is 3. The summed E-state index contributed by atoms with van der Waals surface area (Å²) in [6, 6.07) is 10.5. The van der Waals surface area contributed by atoms with E-state index in [4.69, 9.17) is 27.9 Å². The van der Waals surface area contributed by atoms with E-state index in [1.807, 2.05) is 0 Å². The molecule has 1 aliphatic heterocycles. The summed E-state index contributed by atoms with van der Waals surface area (Å²) in [5, 5.41) is 11.1. The topological polar surface area (TPSA) is 60.3 Å². The van der Waals surface area contributed by atoms with Gasteiger partial charge in [-0.3, -0.25) is 4.79 Å². The lowest BCUT2D eigenvalue weighted by atomic mass is 10.2. The third kappa shape index (κ3) is 3.94. The van der Waals surface area contributed by atoms with Gasteiger partial charge in [0, 0.05) is 27.4 Å². The third-order valence-electron chi connectivity index (χ3n) is 3.96. The molecule has 0 atom stereocenters. The first-order valence-electron chi connectivity index (χ1n) is 8.25. The average Bonchev–Trinajstić information content (AvgIpc) is 3.08. The number of carbonyl (C=O) groups is 1. The molecule has 3 aromatic rings. The number of hydrogen-bond acceptors (Lipinski definition) is 5. The molecule has 4 rings (SSSR count). The van der Waals surface area contributed by atoms with Crippen molar-refractivity contribution < 1.29 is 13.9 Å². The molecule has 0 spiro atoms. The Hall–Kier alpha value is -2.29. The summed E-state index contributed by atoms with van der Waals surface area (Å²) in [5.41, 5.74) is 0.362. The van der Waals surface area contributed by atoms with Gasteiger partial charge in [0.05, 0.1) is 6.54 Å². The van der Waals surface area contributed by atoms with Gasteiger partial charge < -0.3 is 4.74 Å². The first-order valence-corrected chi connectivity index (χ1v) is 9.99. The number of benzene rings is 2. The molecule has 6 nitrogen and oxygen atoms in total. The summed E-state index contributed by atoms with van der Waals surface area (Å²) >= 11 is 13.5. The Labute approximate surface area is 174 Å². The number of aromatic nitrogens is 3. The predicted octanol–water partition coefficient (Wildman–Crippen LogP) is 4.19. The highest BCUT2D eigenvalue weighted by Crippen LogP contribution is 2.26. The molecule has 0 saturated heterocycles. The highest BCUT2D eigenvalue weighted by molar-refractivity contribution is 7.99. The van der Waals surface area contributed by atoms with Crippen LogP contribution in [0.2, 0.25) is 10.0 Å². The van der Waals surface area contributed by atoms with Crippen molar-refractivity contribution in [2.24, 2.45) is 0 Å². The van der Waals surface area contributed by atoms with Gasteiger partial charge in [0.25, 0.3) is 5.91 Å². The molecule has 0 N–H and O–H groups in total. The maximum atomic E-state index is 13.3. The molecule has 10 heteroatoms. The number of rotatable bonds is 4. The summed E-state index contributed by atoms with van der Waals surface area (Å²) in [6.45, 7) is 0.475. The highest BCUT2D eigenvalue weighted by Gasteiger charge is 2.28. The molecule has 0 fully saturated rings. The lowest BCUT2D eigenvalue weighted by Crippen LogP contribution is -2.45. The Morgan fingerprint density at radius 2 is 1.96 bits per heavy atom. The fraction of sp³-hybridized carbons (Fsp3) is 0.167. The quantitative estimate of drug-likeness (QED) is 0.611. The third-order valence-corrected chi connectivity index (χ3v) is 5.30. The lowest BCUT2D eigenvalue weighted by Gasteiger charge is -2.29. The van der Waals surface area contributed by atoms with Crippen LogP contribution in [0.3, 0.4) is 0 Å². The minimum absolute atomic E-state index is 0.0249. The van der Waals surface area contributed by atoms with E-state index >= 15 is 0 Å². The smallest absolute Gasteiger partial charge is 0.272 e. The van der Waals surface area contributed by atoms with Crippen molar-refractivity contribution in [1.82, 2.24) is 14.9 Å². The molecular formula is C18H13Cl2FN4O2S. The largest absolute Gasteiger partial charge is 0.485 e. The summed E-state index contributed by atoms with van der Waals surface area (Å²) in [5.74, 6) is 0.778. The fourth-order valence-corrected chi connectivity index (χ4v) is 4.16. The van der Waals surface area contributed by atoms with E-state index in [-0.39, 0.29) is 12.5 Å². The summed E-state index contributed by atoms with van der Waals surface area (Å²) < 4.78 is 20.6. The number of ether oxygens (including phenoxy) is 1. The number of carbonyl (C=O) groups excluding carboxylic acids is 1. The Kier molecular flexibility index (Phi) is 5.43. The van der Waals surface area contributed by atoms with E-state index < -0.39 is 5.82 Å². The van der Waals surface area contributed by atoms with E-state index in [1.54, 1.807) is 35.0 Å². The summed E-state index contributed by atoms with van der Waals surface area (Å²) in [6.07, 6.45) is 0. The van der Waals surface area contributed by atoms with Gasteiger partial charge in [-0.05, 0) is 30.3 Å². The van der Waals surface area contributed by atoms with Gasteiger partial charge in [0.1, 0.15) is 18.2 Å². The predicted molar refractivity (Wildman–Crippen MR) is 105 cm³/mol. The second-order valence-corrected chi connectivity index (χ2v) is 7.83. The van der Waals surface area contributed by atoms with Crippen molar-refractivity contribution in [3.63, 3.8) is 0 Å². The first-order chi connectivity index (χ1) is 13.5. The van der Waals surface area contributed by atoms with Crippen LogP contribution < -0.4 is 9.75 Å². The first kappa shape index (κ1) is 19.0. The van der Waals surface area contributed by atoms with Crippen LogP contribution in [0.4, 0.5) is 4.39 Å². The van der Waals surface area contributed by atoms with Gasteiger partial charge in [-0.15, -0.1) is 10.2 Å². The molecule has 0 radical (unpaired) electrons. The second kappa shape index (κ2) is 7.98. The van der Waals surface area contributed by atoms with Crippen molar-refractivity contribution >= 4 is 40.9 Å². The van der Waals surface area contributed by atoms with Crippen LogP contribution in [0.5, 0.6) is 5.75 Å². The molecule has 0 aliphatic carbocycles. The fourth-order valence-electron chi connectivity index (χ4n) is 2.77. The van der Waals surface area contributed by atoms with Gasteiger partial charge >= 0.3 is 0 Å². The van der Waals surface area contributed by atoms with Crippen molar-refractivity contribution in [3.05, 3.63) is 69.7 Å².